The minimum atomic E-state index is -0.0101. The molecule has 0 aliphatic heterocycles. The molecule has 0 aliphatic carbocycles. The van der Waals surface area contributed by atoms with Crippen molar-refractivity contribution in [3.8, 4) is 16.3 Å². The van der Waals surface area contributed by atoms with E-state index in [-0.39, 0.29) is 5.56 Å². The number of benzene rings is 2. The summed E-state index contributed by atoms with van der Waals surface area (Å²) in [5.74, 6) is 2.05. The highest BCUT2D eigenvalue weighted by Gasteiger charge is 2.17. The molecule has 5 aromatic rings. The van der Waals surface area contributed by atoms with E-state index in [1.54, 1.807) is 34.8 Å². The summed E-state index contributed by atoms with van der Waals surface area (Å²) >= 11 is 3.17. The molecular formula is C25H25N5O2S2. The zero-order chi connectivity index (χ0) is 23.5. The second kappa shape index (κ2) is 9.99. The molecule has 0 fully saturated rings. The SMILES string of the molecule is CCCCCn1c(=O)c2ccccc2n2c(SCc3csc(-c4ccccc4OC)n3)nnc12. The maximum Gasteiger partial charge on any atom is 0.262 e. The number of unbranched alkanes of at least 4 members (excludes halogenated alkanes) is 2. The van der Waals surface area contributed by atoms with Crippen molar-refractivity contribution >= 4 is 39.8 Å². The van der Waals surface area contributed by atoms with Gasteiger partial charge in [0.05, 0.1) is 29.3 Å². The average Bonchev–Trinajstić information content (AvgIpc) is 3.52. The minimum Gasteiger partial charge on any atom is -0.496 e. The van der Waals surface area contributed by atoms with Crippen molar-refractivity contribution in [1.82, 2.24) is 24.1 Å². The third-order valence-electron chi connectivity index (χ3n) is 5.70. The Morgan fingerprint density at radius 3 is 2.74 bits per heavy atom. The van der Waals surface area contributed by atoms with E-state index in [0.717, 1.165) is 52.0 Å². The number of methoxy groups -OCH3 is 1. The Kier molecular flexibility index (Phi) is 6.64. The van der Waals surface area contributed by atoms with Gasteiger partial charge in [-0.1, -0.05) is 55.8 Å². The van der Waals surface area contributed by atoms with Crippen LogP contribution in [-0.4, -0.2) is 31.3 Å². The van der Waals surface area contributed by atoms with E-state index >= 15 is 0 Å². The fourth-order valence-electron chi connectivity index (χ4n) is 4.01. The van der Waals surface area contributed by atoms with E-state index in [0.29, 0.717) is 23.5 Å². The molecule has 7 nitrogen and oxygen atoms in total. The van der Waals surface area contributed by atoms with Crippen LogP contribution in [0, 0.1) is 0 Å². The number of rotatable bonds is 9. The highest BCUT2D eigenvalue weighted by atomic mass is 32.2. The predicted molar refractivity (Wildman–Crippen MR) is 138 cm³/mol. The van der Waals surface area contributed by atoms with Gasteiger partial charge in [0.25, 0.3) is 5.56 Å². The number of aromatic nitrogens is 5. The Morgan fingerprint density at radius 1 is 1.06 bits per heavy atom. The highest BCUT2D eigenvalue weighted by molar-refractivity contribution is 7.98. The Morgan fingerprint density at radius 2 is 1.88 bits per heavy atom. The zero-order valence-corrected chi connectivity index (χ0v) is 20.7. The van der Waals surface area contributed by atoms with Crippen molar-refractivity contribution in [3.63, 3.8) is 0 Å². The van der Waals surface area contributed by atoms with E-state index in [4.69, 9.17) is 9.72 Å². The fourth-order valence-corrected chi connectivity index (χ4v) is 5.79. The summed E-state index contributed by atoms with van der Waals surface area (Å²) in [7, 11) is 1.67. The molecule has 174 valence electrons. The van der Waals surface area contributed by atoms with Crippen molar-refractivity contribution in [2.24, 2.45) is 0 Å². The van der Waals surface area contributed by atoms with Gasteiger partial charge in [-0.2, -0.15) is 0 Å². The first-order valence-electron chi connectivity index (χ1n) is 11.3. The number of aryl methyl sites for hydroxylation is 1. The molecule has 0 unspecified atom stereocenters. The summed E-state index contributed by atoms with van der Waals surface area (Å²) in [6.07, 6.45) is 3.10. The summed E-state index contributed by atoms with van der Waals surface area (Å²) in [6, 6.07) is 15.6. The van der Waals surface area contributed by atoms with E-state index in [1.807, 2.05) is 52.9 Å². The minimum absolute atomic E-state index is 0.0101. The predicted octanol–water partition coefficient (Wildman–Crippen LogP) is 5.66. The van der Waals surface area contributed by atoms with Gasteiger partial charge in [-0.05, 0) is 30.7 Å². The standard InChI is InChI=1S/C25H25N5O2S2/c1-3-4-9-14-29-23(31)18-10-5-7-12-20(18)30-24(29)27-28-25(30)34-16-17-15-33-22(26-17)19-11-6-8-13-21(19)32-2/h5-8,10-13,15H,3-4,9,14,16H2,1-2H3. The average molecular weight is 492 g/mol. The number of hydrogen-bond acceptors (Lipinski definition) is 7. The molecule has 0 N–H and O–H groups in total. The number of thiazole rings is 1. The van der Waals surface area contributed by atoms with Gasteiger partial charge in [-0.3, -0.25) is 13.8 Å². The van der Waals surface area contributed by atoms with E-state index in [2.05, 4.69) is 22.5 Å². The molecule has 3 heterocycles. The second-order valence-electron chi connectivity index (χ2n) is 7.93. The Balaban J connectivity index is 1.47. The lowest BCUT2D eigenvalue weighted by atomic mass is 10.2. The van der Waals surface area contributed by atoms with E-state index in [1.165, 1.54) is 0 Å². The maximum absolute atomic E-state index is 13.2. The summed E-state index contributed by atoms with van der Waals surface area (Å²) in [6.45, 7) is 2.79. The molecular weight excluding hydrogens is 466 g/mol. The lowest BCUT2D eigenvalue weighted by Gasteiger charge is -2.11. The molecule has 0 atom stereocenters. The molecule has 2 aromatic carbocycles. The van der Waals surface area contributed by atoms with Crippen LogP contribution in [0.25, 0.3) is 27.3 Å². The molecule has 9 heteroatoms. The van der Waals surface area contributed by atoms with Gasteiger partial charge in [0.2, 0.25) is 5.78 Å². The molecule has 34 heavy (non-hydrogen) atoms. The van der Waals surface area contributed by atoms with Crippen LogP contribution in [0.1, 0.15) is 31.9 Å². The van der Waals surface area contributed by atoms with Gasteiger partial charge in [0.1, 0.15) is 10.8 Å². The first kappa shape index (κ1) is 22.6. The molecule has 0 spiro atoms. The Hall–Kier alpha value is -3.17. The molecule has 5 rings (SSSR count). The maximum atomic E-state index is 13.2. The van der Waals surface area contributed by atoms with Crippen molar-refractivity contribution in [1.29, 1.82) is 0 Å². The van der Waals surface area contributed by atoms with Gasteiger partial charge < -0.3 is 4.74 Å². The molecule has 3 aromatic heterocycles. The second-order valence-corrected chi connectivity index (χ2v) is 9.73. The number of ether oxygens (including phenoxy) is 1. The van der Waals surface area contributed by atoms with Gasteiger partial charge in [-0.15, -0.1) is 21.5 Å². The van der Waals surface area contributed by atoms with Crippen LogP contribution in [0.2, 0.25) is 0 Å². The van der Waals surface area contributed by atoms with Crippen molar-refractivity contribution in [2.45, 2.75) is 43.6 Å². The summed E-state index contributed by atoms with van der Waals surface area (Å²) in [4.78, 5) is 18.0. The van der Waals surface area contributed by atoms with Gasteiger partial charge in [0.15, 0.2) is 5.16 Å². The van der Waals surface area contributed by atoms with Crippen LogP contribution in [0.5, 0.6) is 5.75 Å². The third kappa shape index (κ3) is 4.21. The molecule has 0 aliphatic rings. The quantitative estimate of drug-likeness (QED) is 0.196. The number of fused-ring (bicyclic) bond motifs is 3. The molecule has 0 radical (unpaired) electrons. The van der Waals surface area contributed by atoms with Gasteiger partial charge in [0, 0.05) is 17.7 Å². The number of hydrogen-bond donors (Lipinski definition) is 0. The Bertz CT molecular complexity index is 1500. The monoisotopic (exact) mass is 491 g/mol. The van der Waals surface area contributed by atoms with Crippen molar-refractivity contribution in [2.75, 3.05) is 7.11 Å². The van der Waals surface area contributed by atoms with Crippen molar-refractivity contribution in [3.05, 3.63) is 70.0 Å². The van der Waals surface area contributed by atoms with Crippen LogP contribution in [0.4, 0.5) is 0 Å². The lowest BCUT2D eigenvalue weighted by Crippen LogP contribution is -2.23. The number of nitrogens with zero attached hydrogens (tertiary/aromatic N) is 5. The van der Waals surface area contributed by atoms with Crippen LogP contribution in [-0.2, 0) is 12.3 Å². The number of para-hydroxylation sites is 2. The van der Waals surface area contributed by atoms with Crippen molar-refractivity contribution < 1.29 is 4.74 Å². The first-order chi connectivity index (χ1) is 16.7. The van der Waals surface area contributed by atoms with E-state index < -0.39 is 0 Å². The molecule has 0 saturated heterocycles. The normalized spacial score (nSPS) is 11.5. The largest absolute Gasteiger partial charge is 0.496 e. The van der Waals surface area contributed by atoms with E-state index in [9.17, 15) is 4.79 Å². The molecule has 0 saturated carbocycles. The van der Waals surface area contributed by atoms with Crippen LogP contribution in [0.3, 0.4) is 0 Å². The Labute approximate surface area is 205 Å². The summed E-state index contributed by atoms with van der Waals surface area (Å²) in [5, 5.41) is 13.3. The third-order valence-corrected chi connectivity index (χ3v) is 7.59. The van der Waals surface area contributed by atoms with Crippen LogP contribution in [0.15, 0.2) is 63.9 Å². The zero-order valence-electron chi connectivity index (χ0n) is 19.1. The summed E-state index contributed by atoms with van der Waals surface area (Å²) < 4.78 is 9.25. The molecule has 0 amide bonds. The topological polar surface area (TPSA) is 74.3 Å². The smallest absolute Gasteiger partial charge is 0.262 e. The molecule has 0 bridgehead atoms. The van der Waals surface area contributed by atoms with Crippen LogP contribution < -0.4 is 10.3 Å². The van der Waals surface area contributed by atoms with Gasteiger partial charge >= 0.3 is 0 Å². The summed E-state index contributed by atoms with van der Waals surface area (Å²) in [5.41, 5.74) is 2.77. The van der Waals surface area contributed by atoms with Gasteiger partial charge in [-0.25, -0.2) is 4.98 Å². The fraction of sp³-hybridized carbons (Fsp3) is 0.280. The van der Waals surface area contributed by atoms with Crippen LogP contribution >= 0.6 is 23.1 Å². The number of thioether (sulfide) groups is 1. The first-order valence-corrected chi connectivity index (χ1v) is 13.1. The lowest BCUT2D eigenvalue weighted by molar-refractivity contribution is 0.416. The highest BCUT2D eigenvalue weighted by Crippen LogP contribution is 2.33.